The van der Waals surface area contributed by atoms with Crippen LogP contribution < -0.4 is 4.72 Å². The van der Waals surface area contributed by atoms with Crippen LogP contribution >= 0.6 is 15.9 Å². The number of likely N-dealkylation sites (tertiary alicyclic amines) is 1. The molecule has 0 spiro atoms. The van der Waals surface area contributed by atoms with Gasteiger partial charge in [0.2, 0.25) is 10.0 Å². The zero-order valence-electron chi connectivity index (χ0n) is 26.6. The second-order valence-corrected chi connectivity index (χ2v) is 14.5. The lowest BCUT2D eigenvalue weighted by atomic mass is 9.74. The molecule has 0 bridgehead atoms. The predicted molar refractivity (Wildman–Crippen MR) is 195 cm³/mol. The van der Waals surface area contributed by atoms with Crippen molar-refractivity contribution in [3.05, 3.63) is 189 Å². The normalized spacial score (nSPS) is 18.0. The van der Waals surface area contributed by atoms with E-state index < -0.39 is 26.2 Å². The highest BCUT2D eigenvalue weighted by atomic mass is 79.9. The lowest BCUT2D eigenvalue weighted by Gasteiger charge is -2.56. The minimum Gasteiger partial charge on any atom is -0.359 e. The summed E-state index contributed by atoms with van der Waals surface area (Å²) < 4.78 is 37.8. The third kappa shape index (κ3) is 7.01. The summed E-state index contributed by atoms with van der Waals surface area (Å²) >= 11 is 3.54. The van der Waals surface area contributed by atoms with Gasteiger partial charge in [0.25, 0.3) is 5.69 Å². The summed E-state index contributed by atoms with van der Waals surface area (Å²) in [6, 6.07) is 43.4. The van der Waals surface area contributed by atoms with Crippen molar-refractivity contribution < 1.29 is 18.1 Å². The van der Waals surface area contributed by atoms with Gasteiger partial charge in [-0.2, -0.15) is 0 Å². The standard InChI is InChI=1S/C39H36BrN3O5S/c1-2-26-42-35(27-41-49(46,47)37-21-13-12-20-34(37)43(44)45)38(29-22-24-33(40)25-23-29)36(42)28-48-39(30-14-6-3-7-15-30,31-16-8-4-9-17-31)32-18-10-5-11-19-32/h2-25,35-36,38,41H,1,26-28H2/t35-,36+,38+/m1/s1. The average molecular weight is 739 g/mol. The van der Waals surface area contributed by atoms with Gasteiger partial charge in [-0.15, -0.1) is 6.58 Å². The molecule has 8 nitrogen and oxygen atoms in total. The molecule has 0 aliphatic carbocycles. The summed E-state index contributed by atoms with van der Waals surface area (Å²) in [4.78, 5) is 12.8. The van der Waals surface area contributed by atoms with E-state index in [1.54, 1.807) is 6.08 Å². The predicted octanol–water partition coefficient (Wildman–Crippen LogP) is 7.67. The maximum atomic E-state index is 13.5. The summed E-state index contributed by atoms with van der Waals surface area (Å²) in [5.74, 6) is -0.137. The summed E-state index contributed by atoms with van der Waals surface area (Å²) in [6.45, 7) is 4.81. The van der Waals surface area contributed by atoms with E-state index in [0.29, 0.717) is 13.2 Å². The van der Waals surface area contributed by atoms with Gasteiger partial charge in [-0.05, 0) is 40.5 Å². The van der Waals surface area contributed by atoms with Gasteiger partial charge in [0.05, 0.1) is 11.5 Å². The van der Waals surface area contributed by atoms with Crippen molar-refractivity contribution in [1.82, 2.24) is 9.62 Å². The fraction of sp³-hybridized carbons (Fsp3) is 0.179. The van der Waals surface area contributed by atoms with Gasteiger partial charge in [-0.25, -0.2) is 13.1 Å². The van der Waals surface area contributed by atoms with Gasteiger partial charge in [-0.3, -0.25) is 15.0 Å². The molecule has 5 aromatic carbocycles. The number of ether oxygens (including phenoxy) is 1. The minimum atomic E-state index is -4.20. The number of hydrogen-bond donors (Lipinski definition) is 1. The molecule has 0 radical (unpaired) electrons. The van der Waals surface area contributed by atoms with E-state index >= 15 is 0 Å². The number of benzene rings is 5. The van der Waals surface area contributed by atoms with Crippen molar-refractivity contribution in [3.8, 4) is 0 Å². The van der Waals surface area contributed by atoms with Gasteiger partial charge >= 0.3 is 0 Å². The SMILES string of the molecule is C=CCN1[C@H](CNS(=O)(=O)c2ccccc2[N+](=O)[O-])[C@H](c2ccc(Br)cc2)[C@@H]1COC(c1ccccc1)(c1ccccc1)c1ccccc1. The number of nitro benzene ring substituents is 1. The second-order valence-electron chi connectivity index (χ2n) is 11.9. The Morgan fingerprint density at radius 2 is 1.31 bits per heavy atom. The molecule has 0 amide bonds. The van der Waals surface area contributed by atoms with Gasteiger partial charge < -0.3 is 4.74 Å². The molecule has 3 atom stereocenters. The summed E-state index contributed by atoms with van der Waals surface area (Å²) in [7, 11) is -4.20. The van der Waals surface area contributed by atoms with Crippen molar-refractivity contribution in [1.29, 1.82) is 0 Å². The Morgan fingerprint density at radius 1 is 0.796 bits per heavy atom. The number of halogens is 1. The molecular weight excluding hydrogens is 702 g/mol. The highest BCUT2D eigenvalue weighted by Gasteiger charge is 2.50. The Hall–Kier alpha value is -4.45. The van der Waals surface area contributed by atoms with Crippen LogP contribution in [0, 0.1) is 10.1 Å². The van der Waals surface area contributed by atoms with Crippen LogP contribution in [0.5, 0.6) is 0 Å². The average Bonchev–Trinajstić information content (AvgIpc) is 3.13. The molecule has 0 saturated carbocycles. The van der Waals surface area contributed by atoms with Crippen molar-refractivity contribution >= 4 is 31.6 Å². The number of hydrogen-bond acceptors (Lipinski definition) is 6. The maximum Gasteiger partial charge on any atom is 0.289 e. The second kappa shape index (κ2) is 15.0. The Bertz CT molecular complexity index is 1900. The van der Waals surface area contributed by atoms with Gasteiger partial charge in [0, 0.05) is 41.6 Å². The van der Waals surface area contributed by atoms with Crippen molar-refractivity contribution in [2.45, 2.75) is 28.5 Å². The van der Waals surface area contributed by atoms with Crippen LogP contribution in [0.15, 0.2) is 162 Å². The third-order valence-electron chi connectivity index (χ3n) is 9.12. The molecule has 1 saturated heterocycles. The Kier molecular flexibility index (Phi) is 10.5. The number of sulfonamides is 1. The largest absolute Gasteiger partial charge is 0.359 e. The molecule has 1 heterocycles. The monoisotopic (exact) mass is 737 g/mol. The zero-order chi connectivity index (χ0) is 34.4. The molecule has 49 heavy (non-hydrogen) atoms. The fourth-order valence-corrected chi connectivity index (χ4v) is 8.38. The summed E-state index contributed by atoms with van der Waals surface area (Å²) in [6.07, 6.45) is 1.80. The van der Waals surface area contributed by atoms with Crippen LogP contribution in [0.4, 0.5) is 5.69 Å². The molecule has 6 rings (SSSR count). The van der Waals surface area contributed by atoms with E-state index in [0.717, 1.165) is 26.7 Å². The van der Waals surface area contributed by atoms with Gasteiger partial charge in [0.1, 0.15) is 5.60 Å². The highest BCUT2D eigenvalue weighted by molar-refractivity contribution is 9.10. The smallest absolute Gasteiger partial charge is 0.289 e. The van der Waals surface area contributed by atoms with Crippen molar-refractivity contribution in [3.63, 3.8) is 0 Å². The number of para-hydroxylation sites is 1. The van der Waals surface area contributed by atoms with Crippen LogP contribution in [0.25, 0.3) is 0 Å². The molecule has 1 fully saturated rings. The maximum absolute atomic E-state index is 13.5. The molecule has 5 aromatic rings. The zero-order valence-corrected chi connectivity index (χ0v) is 29.0. The van der Waals surface area contributed by atoms with Crippen molar-refractivity contribution in [2.24, 2.45) is 0 Å². The lowest BCUT2D eigenvalue weighted by Crippen LogP contribution is -2.67. The van der Waals surface area contributed by atoms with E-state index in [1.807, 2.05) is 78.9 Å². The highest BCUT2D eigenvalue weighted by Crippen LogP contribution is 2.45. The first-order valence-electron chi connectivity index (χ1n) is 15.9. The van der Waals surface area contributed by atoms with Crippen molar-refractivity contribution in [2.75, 3.05) is 19.7 Å². The number of rotatable bonds is 14. The molecule has 0 unspecified atom stereocenters. The topological polar surface area (TPSA) is 102 Å². The number of nitrogens with one attached hydrogen (secondary N) is 1. The number of nitro groups is 1. The molecule has 0 aromatic heterocycles. The fourth-order valence-electron chi connectivity index (χ4n) is 6.89. The van der Waals surface area contributed by atoms with E-state index in [-0.39, 0.29) is 29.4 Å². The van der Waals surface area contributed by atoms with Crippen LogP contribution in [0.1, 0.15) is 28.2 Å². The molecule has 1 aliphatic rings. The molecular formula is C39H36BrN3O5S. The summed E-state index contributed by atoms with van der Waals surface area (Å²) in [5, 5.41) is 11.7. The summed E-state index contributed by atoms with van der Waals surface area (Å²) in [5.41, 5.74) is 2.56. The quantitative estimate of drug-likeness (QED) is 0.0544. The van der Waals surface area contributed by atoms with E-state index in [1.165, 1.54) is 24.3 Å². The Balaban J connectivity index is 1.38. The van der Waals surface area contributed by atoms with Gasteiger partial charge in [0.15, 0.2) is 4.90 Å². The van der Waals surface area contributed by atoms with Crippen LogP contribution in [0.2, 0.25) is 0 Å². The lowest BCUT2D eigenvalue weighted by molar-refractivity contribution is -0.387. The molecule has 250 valence electrons. The van der Waals surface area contributed by atoms with Crippen LogP contribution in [0.3, 0.4) is 0 Å². The van der Waals surface area contributed by atoms with E-state index in [4.69, 9.17) is 4.74 Å². The molecule has 1 aliphatic heterocycles. The number of nitrogens with zero attached hydrogens (tertiary/aromatic N) is 2. The van der Waals surface area contributed by atoms with Crippen LogP contribution in [-0.4, -0.2) is 50.0 Å². The first-order valence-corrected chi connectivity index (χ1v) is 18.2. The molecule has 1 N–H and O–H groups in total. The van der Waals surface area contributed by atoms with Gasteiger partial charge in [-0.1, -0.05) is 137 Å². The third-order valence-corrected chi connectivity index (χ3v) is 11.1. The first kappa shape index (κ1) is 34.4. The Labute approximate surface area is 295 Å². The molecule has 10 heteroatoms. The minimum absolute atomic E-state index is 0.0284. The van der Waals surface area contributed by atoms with E-state index in [2.05, 4.69) is 68.5 Å². The Morgan fingerprint density at radius 3 is 1.82 bits per heavy atom. The van der Waals surface area contributed by atoms with Crippen LogP contribution in [-0.2, 0) is 20.4 Å². The van der Waals surface area contributed by atoms with E-state index in [9.17, 15) is 18.5 Å². The first-order chi connectivity index (χ1) is 23.8.